The second kappa shape index (κ2) is 4.13. The Bertz CT molecular complexity index is 720. The number of nitrogens with one attached hydrogen (secondary N) is 1. The number of oxime groups is 1. The zero-order chi connectivity index (χ0) is 13.3. The molecule has 1 aromatic carbocycles. The van der Waals surface area contributed by atoms with E-state index in [0.717, 1.165) is 6.07 Å². The predicted molar refractivity (Wildman–Crippen MR) is 61.5 cm³/mol. The van der Waals surface area contributed by atoms with Crippen LogP contribution in [0.3, 0.4) is 0 Å². The molecule has 1 heterocycles. The van der Waals surface area contributed by atoms with Crippen LogP contribution in [0.15, 0.2) is 28.1 Å². The molecule has 1 aromatic heterocycles. The van der Waals surface area contributed by atoms with Gasteiger partial charge in [-0.3, -0.25) is 14.9 Å². The van der Waals surface area contributed by atoms with Crippen LogP contribution in [0.4, 0.5) is 5.69 Å². The summed E-state index contributed by atoms with van der Waals surface area (Å²) in [4.78, 5) is 27.8. The molecule has 2 rings (SSSR count). The molecule has 0 aliphatic rings. The lowest BCUT2D eigenvalue weighted by Crippen LogP contribution is -2.22. The van der Waals surface area contributed by atoms with Crippen molar-refractivity contribution in [3.05, 3.63) is 44.5 Å². The minimum atomic E-state index is -0.615. The summed E-state index contributed by atoms with van der Waals surface area (Å²) in [7, 11) is 0. The van der Waals surface area contributed by atoms with Crippen molar-refractivity contribution in [2.75, 3.05) is 0 Å². The maximum absolute atomic E-state index is 11.7. The number of fused-ring (bicyclic) bond motifs is 1. The van der Waals surface area contributed by atoms with Crippen LogP contribution in [0.5, 0.6) is 0 Å². The number of nitrogens with zero attached hydrogens (tertiary/aromatic N) is 3. The molecule has 9 heteroatoms. The highest BCUT2D eigenvalue weighted by Crippen LogP contribution is 2.16. The van der Waals surface area contributed by atoms with E-state index in [1.165, 1.54) is 12.1 Å². The number of rotatable bonds is 2. The van der Waals surface area contributed by atoms with E-state index >= 15 is 0 Å². The van der Waals surface area contributed by atoms with E-state index in [2.05, 4.69) is 15.1 Å². The molecule has 0 saturated heterocycles. The number of H-pyrrole nitrogens is 1. The third kappa shape index (κ3) is 1.84. The lowest BCUT2D eigenvalue weighted by Gasteiger charge is -2.00. The van der Waals surface area contributed by atoms with Crippen molar-refractivity contribution in [1.82, 2.24) is 9.97 Å². The third-order valence-corrected chi connectivity index (χ3v) is 2.25. The minimum Gasteiger partial charge on any atom is -0.409 e. The second-order valence-electron chi connectivity index (χ2n) is 3.36. The molecule has 4 N–H and O–H groups in total. The van der Waals surface area contributed by atoms with Crippen LogP contribution in [-0.2, 0) is 0 Å². The Morgan fingerprint density at radius 2 is 2.28 bits per heavy atom. The number of benzene rings is 1. The largest absolute Gasteiger partial charge is 0.409 e. The Hall–Kier alpha value is -2.97. The predicted octanol–water partition coefficient (Wildman–Crippen LogP) is -0.0742. The summed E-state index contributed by atoms with van der Waals surface area (Å²) >= 11 is 0. The summed E-state index contributed by atoms with van der Waals surface area (Å²) in [5.74, 6) is -0.462. The molecule has 0 atom stereocenters. The van der Waals surface area contributed by atoms with Crippen molar-refractivity contribution < 1.29 is 10.1 Å². The highest BCUT2D eigenvalue weighted by molar-refractivity contribution is 5.95. The molecular formula is C9H7N5O4. The number of hydrogen-bond acceptors (Lipinski definition) is 6. The Morgan fingerprint density at radius 3 is 2.89 bits per heavy atom. The zero-order valence-corrected chi connectivity index (χ0v) is 8.82. The third-order valence-electron chi connectivity index (χ3n) is 2.25. The van der Waals surface area contributed by atoms with Crippen LogP contribution in [0.25, 0.3) is 10.9 Å². The zero-order valence-electron chi connectivity index (χ0n) is 8.82. The fraction of sp³-hybridized carbons (Fsp3) is 0. The van der Waals surface area contributed by atoms with E-state index in [1.807, 2.05) is 0 Å². The molecule has 0 aliphatic carbocycles. The van der Waals surface area contributed by atoms with Crippen molar-refractivity contribution >= 4 is 22.4 Å². The molecule has 18 heavy (non-hydrogen) atoms. The van der Waals surface area contributed by atoms with Gasteiger partial charge in [0.25, 0.3) is 11.2 Å². The molecule has 0 bridgehead atoms. The normalized spacial score (nSPS) is 11.7. The maximum Gasteiger partial charge on any atom is 0.270 e. The lowest BCUT2D eigenvalue weighted by molar-refractivity contribution is -0.384. The van der Waals surface area contributed by atoms with Gasteiger partial charge in [-0.05, 0) is 6.07 Å². The van der Waals surface area contributed by atoms with Gasteiger partial charge in [0.15, 0.2) is 5.82 Å². The summed E-state index contributed by atoms with van der Waals surface area (Å²) in [5, 5.41) is 21.8. The number of aromatic nitrogens is 2. The van der Waals surface area contributed by atoms with E-state index in [0.29, 0.717) is 0 Å². The van der Waals surface area contributed by atoms with E-state index < -0.39 is 10.5 Å². The molecule has 2 aromatic rings. The molecule has 0 radical (unpaired) electrons. The average Bonchev–Trinajstić information content (AvgIpc) is 2.37. The fourth-order valence-corrected chi connectivity index (χ4v) is 1.41. The first-order chi connectivity index (χ1) is 8.52. The van der Waals surface area contributed by atoms with Crippen LogP contribution >= 0.6 is 0 Å². The van der Waals surface area contributed by atoms with Crippen molar-refractivity contribution in [2.45, 2.75) is 0 Å². The molecule has 0 unspecified atom stereocenters. The summed E-state index contributed by atoms with van der Waals surface area (Å²) in [6, 6.07) is 3.64. The van der Waals surface area contributed by atoms with Gasteiger partial charge in [0.1, 0.15) is 0 Å². The highest BCUT2D eigenvalue weighted by Gasteiger charge is 2.11. The molecule has 0 spiro atoms. The number of nitrogens with two attached hydrogens (primary N) is 1. The van der Waals surface area contributed by atoms with Crippen molar-refractivity contribution in [1.29, 1.82) is 0 Å². The SMILES string of the molecule is N/C(=N\O)c1nc2ccc([N+](=O)[O-])cc2c(=O)[nH]1. The van der Waals surface area contributed by atoms with Gasteiger partial charge in [0.05, 0.1) is 15.8 Å². The van der Waals surface area contributed by atoms with E-state index in [-0.39, 0.29) is 28.3 Å². The molecule has 0 fully saturated rings. The van der Waals surface area contributed by atoms with Crippen LogP contribution in [0.2, 0.25) is 0 Å². The van der Waals surface area contributed by atoms with Crippen molar-refractivity contribution in [2.24, 2.45) is 10.9 Å². The molecule has 0 aliphatic heterocycles. The van der Waals surface area contributed by atoms with Crippen molar-refractivity contribution in [3.63, 3.8) is 0 Å². The summed E-state index contributed by atoms with van der Waals surface area (Å²) in [5.41, 5.74) is 4.68. The summed E-state index contributed by atoms with van der Waals surface area (Å²) < 4.78 is 0. The topological polar surface area (TPSA) is 148 Å². The average molecular weight is 249 g/mol. The first kappa shape index (κ1) is 11.5. The highest BCUT2D eigenvalue weighted by atomic mass is 16.6. The number of nitro groups is 1. The summed E-state index contributed by atoms with van der Waals surface area (Å²) in [6.07, 6.45) is 0. The second-order valence-corrected chi connectivity index (χ2v) is 3.36. The van der Waals surface area contributed by atoms with Gasteiger partial charge in [-0.1, -0.05) is 5.16 Å². The minimum absolute atomic E-state index is 0.0543. The molecule has 9 nitrogen and oxygen atoms in total. The molecule has 92 valence electrons. The van der Waals surface area contributed by atoms with Gasteiger partial charge in [-0.2, -0.15) is 0 Å². The Balaban J connectivity index is 2.74. The van der Waals surface area contributed by atoms with E-state index in [4.69, 9.17) is 10.9 Å². The number of nitro benzene ring substituents is 1. The van der Waals surface area contributed by atoms with Gasteiger partial charge in [-0.15, -0.1) is 0 Å². The first-order valence-electron chi connectivity index (χ1n) is 4.69. The maximum atomic E-state index is 11.7. The van der Waals surface area contributed by atoms with Gasteiger partial charge < -0.3 is 15.9 Å². The number of aromatic amines is 1. The van der Waals surface area contributed by atoms with Gasteiger partial charge in [0, 0.05) is 12.1 Å². The first-order valence-corrected chi connectivity index (χ1v) is 4.69. The Morgan fingerprint density at radius 1 is 1.56 bits per heavy atom. The van der Waals surface area contributed by atoms with E-state index in [1.54, 1.807) is 0 Å². The summed E-state index contributed by atoms with van der Waals surface area (Å²) in [6.45, 7) is 0. The van der Waals surface area contributed by atoms with Crippen LogP contribution in [0, 0.1) is 10.1 Å². The van der Waals surface area contributed by atoms with Gasteiger partial charge >= 0.3 is 0 Å². The fourth-order valence-electron chi connectivity index (χ4n) is 1.41. The van der Waals surface area contributed by atoms with Crippen LogP contribution in [-0.4, -0.2) is 25.9 Å². The Labute approximate surface area is 98.7 Å². The van der Waals surface area contributed by atoms with Crippen LogP contribution < -0.4 is 11.3 Å². The van der Waals surface area contributed by atoms with Gasteiger partial charge in [-0.25, -0.2) is 4.98 Å². The monoisotopic (exact) mass is 249 g/mol. The molecule has 0 saturated carbocycles. The van der Waals surface area contributed by atoms with Crippen molar-refractivity contribution in [3.8, 4) is 0 Å². The molecular weight excluding hydrogens is 242 g/mol. The Kier molecular flexibility index (Phi) is 2.64. The number of non-ortho nitro benzene ring substituents is 1. The number of amidine groups is 1. The quantitative estimate of drug-likeness (QED) is 0.223. The van der Waals surface area contributed by atoms with E-state index in [9.17, 15) is 14.9 Å². The standard InChI is InChI=1S/C9H7N5O4/c10-7(13-16)8-11-6-2-1-4(14(17)18)3-5(6)9(15)12-8/h1-3,16H,(H2,10,13)(H,11,12,15). The number of hydrogen-bond donors (Lipinski definition) is 3. The smallest absolute Gasteiger partial charge is 0.270 e. The van der Waals surface area contributed by atoms with Gasteiger partial charge in [0.2, 0.25) is 5.84 Å². The van der Waals surface area contributed by atoms with Crippen LogP contribution in [0.1, 0.15) is 5.82 Å². The lowest BCUT2D eigenvalue weighted by atomic mass is 10.2. The molecule has 0 amide bonds.